The number of halogens is 1. The molecule has 37 heavy (non-hydrogen) atoms. The van der Waals surface area contributed by atoms with E-state index in [0.29, 0.717) is 24.2 Å². The molecule has 0 spiro atoms. The van der Waals surface area contributed by atoms with Crippen LogP contribution < -0.4 is 0 Å². The first-order valence-corrected chi connectivity index (χ1v) is 13.8. The molecule has 194 valence electrons. The van der Waals surface area contributed by atoms with Crippen LogP contribution in [0, 0.1) is 11.7 Å². The summed E-state index contributed by atoms with van der Waals surface area (Å²) in [6.07, 6.45) is 8.19. The zero-order valence-electron chi connectivity index (χ0n) is 21.3. The van der Waals surface area contributed by atoms with Crippen molar-refractivity contribution in [2.45, 2.75) is 69.4 Å². The highest BCUT2D eigenvalue weighted by Gasteiger charge is 2.51. The zero-order valence-corrected chi connectivity index (χ0v) is 21.3. The molecule has 3 aromatic rings. The van der Waals surface area contributed by atoms with Crippen LogP contribution in [0.1, 0.15) is 62.8 Å². The minimum absolute atomic E-state index is 0.0334. The van der Waals surface area contributed by atoms with Gasteiger partial charge in [-0.1, -0.05) is 61.2 Å². The Balaban J connectivity index is 1.19. The van der Waals surface area contributed by atoms with Gasteiger partial charge in [-0.05, 0) is 42.7 Å². The summed E-state index contributed by atoms with van der Waals surface area (Å²) in [5.41, 5.74) is 1.30. The number of nitrogens with zero attached hydrogens (tertiary/aromatic N) is 3. The van der Waals surface area contributed by atoms with Crippen molar-refractivity contribution in [3.63, 3.8) is 0 Å². The normalized spacial score (nSPS) is 26.9. The Bertz CT molecular complexity index is 1210. The third kappa shape index (κ3) is 4.81. The highest BCUT2D eigenvalue weighted by Crippen LogP contribution is 2.42. The monoisotopic (exact) mass is 504 g/mol. The first-order valence-electron chi connectivity index (χ1n) is 13.8. The lowest BCUT2D eigenvalue weighted by Crippen LogP contribution is -2.64. The molecule has 4 fully saturated rings. The summed E-state index contributed by atoms with van der Waals surface area (Å²) < 4.78 is 26.2. The van der Waals surface area contributed by atoms with E-state index in [4.69, 9.17) is 9.26 Å². The van der Waals surface area contributed by atoms with Gasteiger partial charge >= 0.3 is 5.97 Å². The number of hydrogen-bond acceptors (Lipinski definition) is 5. The molecule has 0 unspecified atom stereocenters. The molecule has 1 aromatic heterocycles. The number of esters is 1. The summed E-state index contributed by atoms with van der Waals surface area (Å²) in [6.45, 7) is 3.46. The SMILES string of the molecule is O=C(O[C@H]1C[N+]2(Cc3nc(-c4ccc(F)cc4)no3)CCC1CC2)C1(c2ccccc2)CCCCCC1. The molecule has 2 aromatic carbocycles. The molecule has 7 rings (SSSR count). The molecule has 3 saturated heterocycles. The van der Waals surface area contributed by atoms with Crippen LogP contribution in [-0.4, -0.2) is 46.3 Å². The van der Waals surface area contributed by atoms with E-state index in [-0.39, 0.29) is 17.9 Å². The maximum atomic E-state index is 14.0. The predicted molar refractivity (Wildman–Crippen MR) is 137 cm³/mol. The first-order chi connectivity index (χ1) is 18.1. The average Bonchev–Trinajstić information content (AvgIpc) is 3.23. The van der Waals surface area contributed by atoms with Gasteiger partial charge in [0, 0.05) is 24.3 Å². The zero-order chi connectivity index (χ0) is 25.3. The Hall–Kier alpha value is -3.06. The fourth-order valence-electron chi connectivity index (χ4n) is 6.85. The summed E-state index contributed by atoms with van der Waals surface area (Å²) in [7, 11) is 0. The lowest BCUT2D eigenvalue weighted by molar-refractivity contribution is -0.959. The number of carbonyl (C=O) groups is 1. The van der Waals surface area contributed by atoms with Crippen molar-refractivity contribution >= 4 is 5.97 Å². The van der Waals surface area contributed by atoms with E-state index in [9.17, 15) is 9.18 Å². The number of hydrogen-bond donors (Lipinski definition) is 0. The molecule has 3 aliphatic heterocycles. The Morgan fingerprint density at radius 3 is 2.41 bits per heavy atom. The van der Waals surface area contributed by atoms with Gasteiger partial charge in [0.15, 0.2) is 12.6 Å². The van der Waals surface area contributed by atoms with Gasteiger partial charge in [0.2, 0.25) is 5.82 Å². The Morgan fingerprint density at radius 1 is 1.00 bits per heavy atom. The van der Waals surface area contributed by atoms with Crippen molar-refractivity contribution < 1.29 is 22.9 Å². The molecule has 4 heterocycles. The Labute approximate surface area is 217 Å². The maximum Gasteiger partial charge on any atom is 0.317 e. The molecule has 7 heteroatoms. The second kappa shape index (κ2) is 10.0. The summed E-state index contributed by atoms with van der Waals surface area (Å²) >= 11 is 0. The topological polar surface area (TPSA) is 65.2 Å². The molecule has 1 atom stereocenters. The van der Waals surface area contributed by atoms with Crippen molar-refractivity contribution in [2.75, 3.05) is 19.6 Å². The quantitative estimate of drug-likeness (QED) is 0.240. The molecular weight excluding hydrogens is 469 g/mol. The van der Waals surface area contributed by atoms with E-state index in [1.54, 1.807) is 12.1 Å². The van der Waals surface area contributed by atoms with Crippen LogP contribution in [-0.2, 0) is 21.5 Å². The summed E-state index contributed by atoms with van der Waals surface area (Å²) in [4.78, 5) is 18.6. The maximum absolute atomic E-state index is 14.0. The number of quaternary nitrogens is 1. The standard InChI is InChI=1S/C30H35FN3O3/c31-25-12-10-23(11-13-25)28-32-27(37-33-28)21-34-18-14-22(15-19-34)26(20-34)36-29(35)30(16-6-1-2-7-17-30)24-8-4-3-5-9-24/h3-5,8-13,22,26H,1-2,6-7,14-21H2/q+1/t22?,26-,34?/m0/s1. The largest absolute Gasteiger partial charge is 0.455 e. The molecule has 1 saturated carbocycles. The molecule has 6 nitrogen and oxygen atoms in total. The molecule has 0 N–H and O–H groups in total. The van der Waals surface area contributed by atoms with Gasteiger partial charge in [0.05, 0.1) is 18.5 Å². The van der Waals surface area contributed by atoms with E-state index in [0.717, 1.165) is 73.8 Å². The predicted octanol–water partition coefficient (Wildman–Crippen LogP) is 5.82. The van der Waals surface area contributed by atoms with Crippen molar-refractivity contribution in [1.82, 2.24) is 10.1 Å². The van der Waals surface area contributed by atoms with Crippen molar-refractivity contribution in [2.24, 2.45) is 5.92 Å². The minimum atomic E-state index is -0.537. The van der Waals surface area contributed by atoms with Gasteiger partial charge in [-0.25, -0.2) is 4.39 Å². The van der Waals surface area contributed by atoms with E-state index < -0.39 is 5.41 Å². The van der Waals surface area contributed by atoms with Gasteiger partial charge in [0.1, 0.15) is 12.4 Å². The molecule has 2 bridgehead atoms. The molecule has 1 aliphatic carbocycles. The fourth-order valence-corrected chi connectivity index (χ4v) is 6.85. The first kappa shape index (κ1) is 24.3. The second-order valence-corrected chi connectivity index (χ2v) is 11.3. The summed E-state index contributed by atoms with van der Waals surface area (Å²) in [5, 5.41) is 4.14. The summed E-state index contributed by atoms with van der Waals surface area (Å²) in [5.74, 6) is 1.14. The van der Waals surface area contributed by atoms with Crippen LogP contribution in [0.25, 0.3) is 11.4 Å². The minimum Gasteiger partial charge on any atom is -0.455 e. The van der Waals surface area contributed by atoms with Gasteiger partial charge in [-0.15, -0.1) is 0 Å². The number of aromatic nitrogens is 2. The van der Waals surface area contributed by atoms with E-state index in [1.807, 2.05) is 18.2 Å². The Kier molecular flexibility index (Phi) is 6.57. The van der Waals surface area contributed by atoms with E-state index in [1.165, 1.54) is 25.0 Å². The number of ether oxygens (including phenoxy) is 1. The molecule has 0 amide bonds. The lowest BCUT2D eigenvalue weighted by atomic mass is 9.74. The van der Waals surface area contributed by atoms with Gasteiger partial charge in [-0.3, -0.25) is 4.79 Å². The average molecular weight is 505 g/mol. The number of fused-ring (bicyclic) bond motifs is 3. The van der Waals surface area contributed by atoms with Crippen molar-refractivity contribution in [3.8, 4) is 11.4 Å². The second-order valence-electron chi connectivity index (χ2n) is 11.3. The van der Waals surface area contributed by atoms with Crippen LogP contribution in [0.4, 0.5) is 4.39 Å². The highest BCUT2D eigenvalue weighted by atomic mass is 19.1. The van der Waals surface area contributed by atoms with Gasteiger partial charge in [-0.2, -0.15) is 4.98 Å². The van der Waals surface area contributed by atoms with Crippen LogP contribution in [0.2, 0.25) is 0 Å². The van der Waals surface area contributed by atoms with Crippen LogP contribution in [0.15, 0.2) is 59.1 Å². The number of carbonyl (C=O) groups excluding carboxylic acids is 1. The van der Waals surface area contributed by atoms with Crippen molar-refractivity contribution in [1.29, 1.82) is 0 Å². The fraction of sp³-hybridized carbons (Fsp3) is 0.500. The smallest absolute Gasteiger partial charge is 0.317 e. The highest BCUT2D eigenvalue weighted by molar-refractivity contribution is 5.83. The Morgan fingerprint density at radius 2 is 1.70 bits per heavy atom. The van der Waals surface area contributed by atoms with Gasteiger partial charge < -0.3 is 13.7 Å². The number of piperidine rings is 3. The number of rotatable bonds is 6. The third-order valence-corrected chi connectivity index (χ3v) is 9.02. The van der Waals surface area contributed by atoms with Crippen LogP contribution in [0.5, 0.6) is 0 Å². The van der Waals surface area contributed by atoms with E-state index >= 15 is 0 Å². The van der Waals surface area contributed by atoms with E-state index in [2.05, 4.69) is 22.3 Å². The summed E-state index contributed by atoms with van der Waals surface area (Å²) in [6, 6.07) is 16.4. The van der Waals surface area contributed by atoms with Crippen LogP contribution >= 0.6 is 0 Å². The molecule has 0 radical (unpaired) electrons. The molecule has 4 aliphatic rings. The number of benzene rings is 2. The van der Waals surface area contributed by atoms with Gasteiger partial charge in [0.25, 0.3) is 5.89 Å². The molecular formula is C30H35FN3O3+. The lowest BCUT2D eigenvalue weighted by Gasteiger charge is -2.51. The third-order valence-electron chi connectivity index (χ3n) is 9.02. The van der Waals surface area contributed by atoms with Crippen LogP contribution in [0.3, 0.4) is 0 Å². The van der Waals surface area contributed by atoms with Crippen molar-refractivity contribution in [3.05, 3.63) is 71.9 Å².